The first kappa shape index (κ1) is 16.4. The van der Waals surface area contributed by atoms with Crippen LogP contribution in [0.1, 0.15) is 18.4 Å². The van der Waals surface area contributed by atoms with E-state index in [1.165, 1.54) is 23.5 Å². The van der Waals surface area contributed by atoms with Crippen molar-refractivity contribution >= 4 is 10.0 Å². The molecule has 1 unspecified atom stereocenters. The fourth-order valence-corrected chi connectivity index (χ4v) is 3.76. The van der Waals surface area contributed by atoms with Crippen molar-refractivity contribution in [3.63, 3.8) is 0 Å². The van der Waals surface area contributed by atoms with Crippen molar-refractivity contribution in [1.29, 1.82) is 0 Å². The van der Waals surface area contributed by atoms with Gasteiger partial charge in [0.15, 0.2) is 0 Å². The van der Waals surface area contributed by atoms with Crippen LogP contribution in [0.2, 0.25) is 0 Å². The van der Waals surface area contributed by atoms with Crippen LogP contribution in [0, 0.1) is 11.7 Å². The topological polar surface area (TPSA) is 72.6 Å². The number of ether oxygens (including phenoxy) is 1. The van der Waals surface area contributed by atoms with Crippen molar-refractivity contribution in [3.8, 4) is 0 Å². The zero-order valence-electron chi connectivity index (χ0n) is 12.1. The van der Waals surface area contributed by atoms with E-state index in [1.54, 1.807) is 0 Å². The molecule has 0 bridgehead atoms. The van der Waals surface area contributed by atoms with Crippen molar-refractivity contribution < 1.29 is 17.5 Å². The van der Waals surface area contributed by atoms with Crippen LogP contribution in [0.5, 0.6) is 0 Å². The van der Waals surface area contributed by atoms with Gasteiger partial charge in [-0.1, -0.05) is 0 Å². The van der Waals surface area contributed by atoms with E-state index in [0.29, 0.717) is 13.2 Å². The van der Waals surface area contributed by atoms with Crippen molar-refractivity contribution in [2.24, 2.45) is 11.7 Å². The molecule has 1 aromatic carbocycles. The smallest absolute Gasteiger partial charge is 0.242 e. The Hall–Kier alpha value is -1.02. The normalized spacial score (nSPS) is 19.9. The minimum atomic E-state index is -3.63. The van der Waals surface area contributed by atoms with Crippen molar-refractivity contribution in [3.05, 3.63) is 29.6 Å². The number of hydrogen-bond donors (Lipinski definition) is 1. The number of hydrogen-bond acceptors (Lipinski definition) is 4. The summed E-state index contributed by atoms with van der Waals surface area (Å²) in [5, 5.41) is 0. The van der Waals surface area contributed by atoms with Gasteiger partial charge in [-0.25, -0.2) is 17.1 Å². The summed E-state index contributed by atoms with van der Waals surface area (Å²) in [4.78, 5) is 0.0728. The lowest BCUT2D eigenvalue weighted by Gasteiger charge is -2.26. The first-order valence-electron chi connectivity index (χ1n) is 6.97. The maximum Gasteiger partial charge on any atom is 0.242 e. The number of rotatable bonds is 5. The van der Waals surface area contributed by atoms with Crippen molar-refractivity contribution in [2.45, 2.75) is 24.3 Å². The lowest BCUT2D eigenvalue weighted by atomic mass is 10.0. The van der Waals surface area contributed by atoms with Crippen molar-refractivity contribution in [2.75, 3.05) is 26.8 Å². The van der Waals surface area contributed by atoms with E-state index in [9.17, 15) is 12.8 Å². The quantitative estimate of drug-likeness (QED) is 0.889. The van der Waals surface area contributed by atoms with Crippen LogP contribution >= 0.6 is 0 Å². The number of nitrogens with two attached hydrogens (primary N) is 1. The van der Waals surface area contributed by atoms with Gasteiger partial charge in [-0.15, -0.1) is 0 Å². The molecule has 1 heterocycles. The van der Waals surface area contributed by atoms with E-state index in [4.69, 9.17) is 10.5 Å². The number of halogens is 1. The lowest BCUT2D eigenvalue weighted by molar-refractivity contribution is 0.0495. The second kappa shape index (κ2) is 6.83. The Morgan fingerprint density at radius 1 is 1.48 bits per heavy atom. The summed E-state index contributed by atoms with van der Waals surface area (Å²) in [5.74, 6) is -0.285. The van der Waals surface area contributed by atoms with Gasteiger partial charge >= 0.3 is 0 Å². The Morgan fingerprint density at radius 3 is 2.86 bits per heavy atom. The standard InChI is InChI=1S/C14H21FN2O3S/c1-17(9-11-3-2-6-20-10-11)21(18,19)13-4-5-14(15)12(7-13)8-16/h4-5,7,11H,2-3,6,8-10,16H2,1H3. The molecule has 0 aromatic heterocycles. The molecule has 0 saturated carbocycles. The summed E-state index contributed by atoms with van der Waals surface area (Å²) >= 11 is 0. The monoisotopic (exact) mass is 316 g/mol. The molecule has 1 saturated heterocycles. The van der Waals surface area contributed by atoms with Gasteiger partial charge in [0, 0.05) is 32.3 Å². The van der Waals surface area contributed by atoms with Crippen LogP contribution in [0.15, 0.2) is 23.1 Å². The highest BCUT2D eigenvalue weighted by Crippen LogP contribution is 2.21. The molecule has 1 fully saturated rings. The molecule has 1 aliphatic rings. The van der Waals surface area contributed by atoms with Crippen LogP contribution < -0.4 is 5.73 Å². The molecule has 1 atom stereocenters. The van der Waals surface area contributed by atoms with Gasteiger partial charge in [0.25, 0.3) is 0 Å². The minimum Gasteiger partial charge on any atom is -0.381 e. The second-order valence-corrected chi connectivity index (χ2v) is 7.37. The van der Waals surface area contributed by atoms with E-state index >= 15 is 0 Å². The number of benzene rings is 1. The SMILES string of the molecule is CN(CC1CCCOC1)S(=O)(=O)c1ccc(F)c(CN)c1. The Bertz CT molecular complexity index is 586. The summed E-state index contributed by atoms with van der Waals surface area (Å²) in [6.07, 6.45) is 1.91. The van der Waals surface area contributed by atoms with E-state index in [2.05, 4.69) is 0 Å². The van der Waals surface area contributed by atoms with E-state index in [0.717, 1.165) is 25.5 Å². The molecule has 0 amide bonds. The van der Waals surface area contributed by atoms with E-state index < -0.39 is 15.8 Å². The molecule has 0 radical (unpaired) electrons. The third kappa shape index (κ3) is 3.79. The minimum absolute atomic E-state index is 0.0324. The first-order chi connectivity index (χ1) is 9.95. The molecule has 0 aliphatic carbocycles. The van der Waals surface area contributed by atoms with Crippen LogP contribution in [-0.2, 0) is 21.3 Å². The Morgan fingerprint density at radius 2 is 2.24 bits per heavy atom. The zero-order chi connectivity index (χ0) is 15.5. The average molecular weight is 316 g/mol. The van der Waals surface area contributed by atoms with Gasteiger partial charge in [0.2, 0.25) is 10.0 Å². The number of sulfonamides is 1. The molecule has 5 nitrogen and oxygen atoms in total. The number of nitrogens with zero attached hydrogens (tertiary/aromatic N) is 1. The second-order valence-electron chi connectivity index (χ2n) is 5.33. The molecule has 1 aromatic rings. The van der Waals surface area contributed by atoms with Gasteiger partial charge in [-0.05, 0) is 37.0 Å². The van der Waals surface area contributed by atoms with Crippen LogP contribution in [0.4, 0.5) is 4.39 Å². The maximum absolute atomic E-state index is 13.4. The molecule has 0 spiro atoms. The van der Waals surface area contributed by atoms with Crippen LogP contribution in [-0.4, -0.2) is 39.5 Å². The molecule has 118 valence electrons. The summed E-state index contributed by atoms with van der Waals surface area (Å²) in [6, 6.07) is 3.73. The highest BCUT2D eigenvalue weighted by Gasteiger charge is 2.25. The van der Waals surface area contributed by atoms with Gasteiger partial charge in [0.05, 0.1) is 11.5 Å². The summed E-state index contributed by atoms with van der Waals surface area (Å²) in [6.45, 7) is 1.69. The molecule has 21 heavy (non-hydrogen) atoms. The highest BCUT2D eigenvalue weighted by molar-refractivity contribution is 7.89. The predicted octanol–water partition coefficient (Wildman–Crippen LogP) is 1.33. The molecule has 1 aliphatic heterocycles. The van der Waals surface area contributed by atoms with E-state index in [1.807, 2.05) is 0 Å². The Balaban J connectivity index is 2.16. The zero-order valence-corrected chi connectivity index (χ0v) is 12.9. The van der Waals surface area contributed by atoms with Crippen molar-refractivity contribution in [1.82, 2.24) is 4.31 Å². The fraction of sp³-hybridized carbons (Fsp3) is 0.571. The van der Waals surface area contributed by atoms with Gasteiger partial charge in [-0.2, -0.15) is 0 Å². The Kier molecular flexibility index (Phi) is 5.32. The molecular formula is C14H21FN2O3S. The lowest BCUT2D eigenvalue weighted by Crippen LogP contribution is -2.35. The summed E-state index contributed by atoms with van der Waals surface area (Å²) < 4.78 is 45.1. The van der Waals surface area contributed by atoms with Crippen LogP contribution in [0.3, 0.4) is 0 Å². The summed E-state index contributed by atoms with van der Waals surface area (Å²) in [5.41, 5.74) is 5.62. The van der Waals surface area contributed by atoms with Gasteiger partial charge < -0.3 is 10.5 Å². The van der Waals surface area contributed by atoms with Gasteiger partial charge in [0.1, 0.15) is 5.82 Å². The Labute approximate surface area is 124 Å². The highest BCUT2D eigenvalue weighted by atomic mass is 32.2. The van der Waals surface area contributed by atoms with E-state index in [-0.39, 0.29) is 22.9 Å². The third-order valence-electron chi connectivity index (χ3n) is 3.72. The predicted molar refractivity (Wildman–Crippen MR) is 77.7 cm³/mol. The molecule has 7 heteroatoms. The molecule has 2 rings (SSSR count). The molecule has 2 N–H and O–H groups in total. The van der Waals surface area contributed by atoms with Gasteiger partial charge in [-0.3, -0.25) is 0 Å². The third-order valence-corrected chi connectivity index (χ3v) is 5.53. The largest absolute Gasteiger partial charge is 0.381 e. The first-order valence-corrected chi connectivity index (χ1v) is 8.41. The van der Waals surface area contributed by atoms with Crippen LogP contribution in [0.25, 0.3) is 0 Å². The average Bonchev–Trinajstić information content (AvgIpc) is 2.48. The maximum atomic E-state index is 13.4. The summed E-state index contributed by atoms with van der Waals surface area (Å²) in [7, 11) is -2.10. The molecular weight excluding hydrogens is 295 g/mol. The fourth-order valence-electron chi connectivity index (χ4n) is 2.46.